The maximum absolute atomic E-state index is 2.90. The van der Waals surface area contributed by atoms with Crippen LogP contribution in [0.2, 0.25) is 19.4 Å². The Balaban J connectivity index is 2.75. The van der Waals surface area contributed by atoms with E-state index >= 15 is 0 Å². The zero-order valence-corrected chi connectivity index (χ0v) is 17.8. The molecular formula is C16H27BIPSi. The highest BCUT2D eigenvalue weighted by Gasteiger charge is 2.64. The van der Waals surface area contributed by atoms with Crippen molar-refractivity contribution in [3.05, 3.63) is 41.0 Å². The molecule has 0 radical (unpaired) electrons. The van der Waals surface area contributed by atoms with Crippen LogP contribution in [0, 0.1) is 0 Å². The van der Waals surface area contributed by atoms with Gasteiger partial charge in [0, 0.05) is 12.0 Å². The van der Waals surface area contributed by atoms with Crippen molar-refractivity contribution in [2.45, 2.75) is 46.6 Å². The van der Waals surface area contributed by atoms with Crippen LogP contribution >= 0.6 is 29.1 Å². The zero-order chi connectivity index (χ0) is 15.2. The van der Waals surface area contributed by atoms with E-state index in [2.05, 4.69) is 93.2 Å². The van der Waals surface area contributed by atoms with E-state index < -0.39 is 18.2 Å². The Bertz CT molecular complexity index is 543. The summed E-state index contributed by atoms with van der Waals surface area (Å²) >= 11 is 2.90. The summed E-state index contributed by atoms with van der Waals surface area (Å²) in [5.74, 6) is 0. The maximum atomic E-state index is 2.90. The fraction of sp³-hybridized carbons (Fsp3) is 0.500. The van der Waals surface area contributed by atoms with Crippen LogP contribution < -0.4 is 5.30 Å². The summed E-state index contributed by atoms with van der Waals surface area (Å²) in [4.78, 5) is 0. The molecule has 0 N–H and O–H groups in total. The number of benzene rings is 1. The lowest BCUT2D eigenvalue weighted by atomic mass is 9.63. The van der Waals surface area contributed by atoms with Gasteiger partial charge >= 0.3 is 0 Å². The fourth-order valence-electron chi connectivity index (χ4n) is 4.38. The van der Waals surface area contributed by atoms with Gasteiger partial charge in [-0.3, -0.25) is 22.4 Å². The van der Waals surface area contributed by atoms with Crippen LogP contribution in [0.15, 0.2) is 41.0 Å². The molecule has 2 unspecified atom stereocenters. The quantitative estimate of drug-likeness (QED) is 0.328. The van der Waals surface area contributed by atoms with Crippen molar-refractivity contribution < 1.29 is 0 Å². The number of allylic oxidation sites excluding steroid dienone is 2. The molecule has 20 heavy (non-hydrogen) atoms. The molecule has 0 fully saturated rings. The van der Waals surface area contributed by atoms with Crippen LogP contribution in [0.4, 0.5) is 0 Å². The summed E-state index contributed by atoms with van der Waals surface area (Å²) < 4.78 is -0.398. The first-order valence-corrected chi connectivity index (χ1v) is 15.1. The van der Waals surface area contributed by atoms with Crippen LogP contribution in [0.1, 0.15) is 27.2 Å². The summed E-state index contributed by atoms with van der Waals surface area (Å²) in [6, 6.07) is 11.5. The molecule has 0 saturated carbocycles. The topological polar surface area (TPSA) is 0 Å². The van der Waals surface area contributed by atoms with Gasteiger partial charge in [0.25, 0.3) is 0 Å². The van der Waals surface area contributed by atoms with Crippen molar-refractivity contribution in [3.63, 3.8) is 0 Å². The molecule has 2 atom stereocenters. The molecule has 2 rings (SSSR count). The van der Waals surface area contributed by atoms with E-state index in [4.69, 9.17) is 0 Å². The van der Waals surface area contributed by atoms with Crippen LogP contribution in [-0.2, 0) is 0 Å². The monoisotopic (exact) mass is 416 g/mol. The van der Waals surface area contributed by atoms with E-state index in [1.165, 1.54) is 12.7 Å². The first-order chi connectivity index (χ1) is 9.27. The van der Waals surface area contributed by atoms with Gasteiger partial charge in [-0.1, -0.05) is 43.7 Å². The van der Waals surface area contributed by atoms with Gasteiger partial charge in [-0.25, -0.2) is 0 Å². The Morgan fingerprint density at radius 3 is 2.15 bits per heavy atom. The van der Waals surface area contributed by atoms with Crippen molar-refractivity contribution in [1.82, 2.24) is 0 Å². The third kappa shape index (κ3) is 1.95. The minimum absolute atomic E-state index is 0.398. The first-order valence-electron chi connectivity index (χ1n) is 7.75. The summed E-state index contributed by atoms with van der Waals surface area (Å²) in [6.45, 7) is 14.1. The molecule has 1 aromatic rings. The van der Waals surface area contributed by atoms with Crippen molar-refractivity contribution in [3.8, 4) is 0 Å². The van der Waals surface area contributed by atoms with Crippen LogP contribution in [-0.4, -0.2) is 18.1 Å². The predicted molar refractivity (Wildman–Crippen MR) is 110 cm³/mol. The van der Waals surface area contributed by atoms with E-state index in [0.717, 1.165) is 0 Å². The second-order valence-electron chi connectivity index (χ2n) is 6.76. The Morgan fingerprint density at radius 2 is 1.70 bits per heavy atom. The molecule has 110 valence electrons. The standard InChI is InChI=1S/C16H27BIPSi/c1-7-16-14(3)20(5,6)19(4,17(16,18)8-2)15-12-10-9-11-13-15/h9-13H,7-8H2,1-6H3. The number of hydrogen-bond donors (Lipinski definition) is 0. The smallest absolute Gasteiger partial charge is 0.238 e. The molecule has 1 heterocycles. The minimum Gasteiger partial charge on any atom is -0.290 e. The van der Waals surface area contributed by atoms with Crippen LogP contribution in [0.5, 0.6) is 0 Å². The average molecular weight is 416 g/mol. The van der Waals surface area contributed by atoms with Crippen molar-refractivity contribution in [2.75, 3.05) is 6.66 Å². The van der Waals surface area contributed by atoms with Gasteiger partial charge in [-0.05, 0) is 32.2 Å². The Morgan fingerprint density at radius 1 is 1.15 bits per heavy atom. The molecule has 0 nitrogen and oxygen atoms in total. The second kappa shape index (κ2) is 5.55. The SMILES string of the molecule is CCC1=C(C)[Si](C)(C)[P+](C)(c2ccccc2)[B-]1(I)CC. The molecular weight excluding hydrogens is 389 g/mol. The second-order valence-corrected chi connectivity index (χ2v) is 23.4. The van der Waals surface area contributed by atoms with Crippen LogP contribution in [0.3, 0.4) is 0 Å². The molecule has 1 aliphatic heterocycles. The molecule has 0 spiro atoms. The molecule has 4 heteroatoms. The normalized spacial score (nSPS) is 32.8. The Labute approximate surface area is 139 Å². The molecule has 0 bridgehead atoms. The largest absolute Gasteiger partial charge is 0.290 e. The lowest BCUT2D eigenvalue weighted by molar-refractivity contribution is 1.16. The minimum atomic E-state index is -1.37. The van der Waals surface area contributed by atoms with Gasteiger partial charge in [-0.2, -0.15) is 5.47 Å². The lowest BCUT2D eigenvalue weighted by Gasteiger charge is -2.48. The van der Waals surface area contributed by atoms with E-state index in [9.17, 15) is 0 Å². The third-order valence-corrected chi connectivity index (χ3v) is 30.9. The number of hydrogen-bond acceptors (Lipinski definition) is 0. The summed E-state index contributed by atoms with van der Waals surface area (Å²) in [5.41, 5.74) is 1.84. The van der Waals surface area contributed by atoms with Crippen molar-refractivity contribution in [1.29, 1.82) is 0 Å². The first kappa shape index (κ1) is 16.8. The summed E-state index contributed by atoms with van der Waals surface area (Å²) in [5, 5.41) is 3.49. The highest BCUT2D eigenvalue weighted by molar-refractivity contribution is 14.1. The molecule has 1 aliphatic rings. The average Bonchev–Trinajstić information content (AvgIpc) is 2.57. The van der Waals surface area contributed by atoms with E-state index in [1.807, 2.05) is 10.7 Å². The van der Waals surface area contributed by atoms with Gasteiger partial charge in [0.1, 0.15) is 0 Å². The maximum Gasteiger partial charge on any atom is 0.238 e. The van der Waals surface area contributed by atoms with Crippen molar-refractivity contribution >= 4 is 45.8 Å². The molecule has 0 saturated heterocycles. The van der Waals surface area contributed by atoms with Crippen LogP contribution in [0.25, 0.3) is 0 Å². The molecule has 0 amide bonds. The van der Waals surface area contributed by atoms with E-state index in [-0.39, 0.29) is 0 Å². The Kier molecular flexibility index (Phi) is 4.65. The van der Waals surface area contributed by atoms with Gasteiger partial charge in [0.15, 0.2) is 0 Å². The predicted octanol–water partition coefficient (Wildman–Crippen LogP) is 5.88. The van der Waals surface area contributed by atoms with Gasteiger partial charge in [-0.15, -0.1) is 13.0 Å². The lowest BCUT2D eigenvalue weighted by Crippen LogP contribution is -2.44. The molecule has 1 aromatic carbocycles. The summed E-state index contributed by atoms with van der Waals surface area (Å²) in [7, 11) is -1.37. The summed E-state index contributed by atoms with van der Waals surface area (Å²) in [6.07, 6.45) is 2.58. The third-order valence-electron chi connectivity index (χ3n) is 6.13. The van der Waals surface area contributed by atoms with E-state index in [0.29, 0.717) is 0 Å². The zero-order valence-electron chi connectivity index (χ0n) is 13.7. The van der Waals surface area contributed by atoms with Gasteiger partial charge < -0.3 is 0 Å². The highest BCUT2D eigenvalue weighted by atomic mass is 127. The number of halogens is 1. The molecule has 0 aromatic heterocycles. The Hall–Kier alpha value is 0.402. The van der Waals surface area contributed by atoms with Gasteiger partial charge in [0.2, 0.25) is 11.5 Å². The van der Waals surface area contributed by atoms with Crippen molar-refractivity contribution in [2.24, 2.45) is 0 Å². The van der Waals surface area contributed by atoms with Gasteiger partial charge in [0.05, 0.1) is 0 Å². The van der Waals surface area contributed by atoms with E-state index in [1.54, 1.807) is 5.30 Å². The number of rotatable bonds is 3. The fourth-order valence-corrected chi connectivity index (χ4v) is 28.5. The molecule has 0 aliphatic carbocycles. The highest BCUT2D eigenvalue weighted by Crippen LogP contribution is 2.80.